The van der Waals surface area contributed by atoms with Crippen LogP contribution >= 0.6 is 0 Å². The molecule has 1 aliphatic carbocycles. The van der Waals surface area contributed by atoms with Gasteiger partial charge in [-0.2, -0.15) is 0 Å². The number of rotatable bonds is 1. The molecule has 3 unspecified atom stereocenters. The van der Waals surface area contributed by atoms with E-state index in [0.29, 0.717) is 0 Å². The fraction of sp³-hybridized carbons (Fsp3) is 1.00. The zero-order valence-electron chi connectivity index (χ0n) is 8.21. The molecule has 2 aliphatic rings. The lowest BCUT2D eigenvalue weighted by Gasteiger charge is -2.32. The quantitative estimate of drug-likeness (QED) is 0.627. The van der Waals surface area contributed by atoms with E-state index in [0.717, 1.165) is 17.9 Å². The van der Waals surface area contributed by atoms with E-state index in [9.17, 15) is 0 Å². The zero-order valence-corrected chi connectivity index (χ0v) is 8.21. The second-order valence-corrected chi connectivity index (χ2v) is 4.47. The summed E-state index contributed by atoms with van der Waals surface area (Å²) in [6.45, 7) is 2.65. The maximum atomic E-state index is 3.47. The van der Waals surface area contributed by atoms with Crippen LogP contribution in [0.15, 0.2) is 0 Å². The first-order valence-electron chi connectivity index (χ1n) is 5.17. The highest BCUT2D eigenvalue weighted by molar-refractivity contribution is 4.92. The van der Waals surface area contributed by atoms with E-state index in [4.69, 9.17) is 0 Å². The van der Waals surface area contributed by atoms with Gasteiger partial charge in [0.05, 0.1) is 0 Å². The molecule has 1 heterocycles. The molecule has 0 radical (unpaired) electrons. The second kappa shape index (κ2) is 3.35. The minimum Gasteiger partial charge on any atom is -0.317 e. The molecule has 1 N–H and O–H groups in total. The van der Waals surface area contributed by atoms with Gasteiger partial charge in [-0.05, 0) is 38.8 Å². The molecule has 3 atom stereocenters. The van der Waals surface area contributed by atoms with Gasteiger partial charge in [0.2, 0.25) is 0 Å². The SMILES string of the molecule is CNC1CCCC2CN(C)CC21. The normalized spacial score (nSPS) is 43.0. The van der Waals surface area contributed by atoms with Gasteiger partial charge in [0.25, 0.3) is 0 Å². The van der Waals surface area contributed by atoms with Crippen molar-refractivity contribution in [1.29, 1.82) is 0 Å². The van der Waals surface area contributed by atoms with E-state index in [1.807, 2.05) is 0 Å². The Morgan fingerprint density at radius 2 is 2.08 bits per heavy atom. The molecule has 70 valence electrons. The van der Waals surface area contributed by atoms with Crippen LogP contribution in [-0.2, 0) is 0 Å². The van der Waals surface area contributed by atoms with Crippen LogP contribution in [0, 0.1) is 11.8 Å². The van der Waals surface area contributed by atoms with Crippen LogP contribution in [0.25, 0.3) is 0 Å². The number of hydrogen-bond acceptors (Lipinski definition) is 2. The van der Waals surface area contributed by atoms with Crippen molar-refractivity contribution in [2.45, 2.75) is 25.3 Å². The van der Waals surface area contributed by atoms with E-state index < -0.39 is 0 Å². The molecule has 0 spiro atoms. The van der Waals surface area contributed by atoms with E-state index in [2.05, 4.69) is 24.3 Å². The molecule has 0 amide bonds. The van der Waals surface area contributed by atoms with Gasteiger partial charge in [-0.25, -0.2) is 0 Å². The summed E-state index contributed by atoms with van der Waals surface area (Å²) in [6.07, 6.45) is 4.29. The molecule has 1 saturated carbocycles. The smallest absolute Gasteiger partial charge is 0.0108 e. The van der Waals surface area contributed by atoms with Crippen LogP contribution in [-0.4, -0.2) is 38.1 Å². The van der Waals surface area contributed by atoms with Crippen LogP contribution in [0.5, 0.6) is 0 Å². The van der Waals surface area contributed by atoms with Crippen molar-refractivity contribution in [3.8, 4) is 0 Å². The van der Waals surface area contributed by atoms with Gasteiger partial charge >= 0.3 is 0 Å². The minimum absolute atomic E-state index is 0.800. The molecule has 1 aliphatic heterocycles. The van der Waals surface area contributed by atoms with Crippen molar-refractivity contribution >= 4 is 0 Å². The molecule has 2 fully saturated rings. The van der Waals surface area contributed by atoms with Crippen molar-refractivity contribution in [3.63, 3.8) is 0 Å². The third-order valence-electron chi connectivity index (χ3n) is 3.65. The standard InChI is InChI=1S/C10H20N2/c1-11-10-5-3-4-8-6-12(2)7-9(8)10/h8-11H,3-7H2,1-2H3. The first-order chi connectivity index (χ1) is 5.81. The van der Waals surface area contributed by atoms with Crippen LogP contribution in [0.3, 0.4) is 0 Å². The molecule has 0 aromatic carbocycles. The number of fused-ring (bicyclic) bond motifs is 1. The fourth-order valence-corrected chi connectivity index (χ4v) is 3.05. The molecule has 0 aromatic heterocycles. The number of hydrogen-bond donors (Lipinski definition) is 1. The van der Waals surface area contributed by atoms with Crippen LogP contribution in [0.2, 0.25) is 0 Å². The van der Waals surface area contributed by atoms with Gasteiger partial charge in [-0.1, -0.05) is 6.42 Å². The van der Waals surface area contributed by atoms with Gasteiger partial charge in [0.15, 0.2) is 0 Å². The average molecular weight is 168 g/mol. The number of likely N-dealkylation sites (tertiary alicyclic amines) is 1. The summed E-state index contributed by atoms with van der Waals surface area (Å²) < 4.78 is 0. The summed E-state index contributed by atoms with van der Waals surface area (Å²) in [6, 6.07) is 0.800. The van der Waals surface area contributed by atoms with Crippen molar-refractivity contribution in [2.75, 3.05) is 27.2 Å². The molecule has 2 heteroatoms. The highest BCUT2D eigenvalue weighted by atomic mass is 15.1. The fourth-order valence-electron chi connectivity index (χ4n) is 3.05. The van der Waals surface area contributed by atoms with Gasteiger partial charge in [0, 0.05) is 19.1 Å². The highest BCUT2D eigenvalue weighted by Crippen LogP contribution is 2.35. The Morgan fingerprint density at radius 3 is 2.83 bits per heavy atom. The van der Waals surface area contributed by atoms with Gasteiger partial charge in [-0.3, -0.25) is 0 Å². The lowest BCUT2D eigenvalue weighted by atomic mass is 9.78. The predicted molar refractivity (Wildman–Crippen MR) is 51.2 cm³/mol. The Hall–Kier alpha value is -0.0800. The van der Waals surface area contributed by atoms with Crippen LogP contribution < -0.4 is 5.32 Å². The summed E-state index contributed by atoms with van der Waals surface area (Å²) in [5, 5.41) is 3.47. The van der Waals surface area contributed by atoms with Gasteiger partial charge in [0.1, 0.15) is 0 Å². The molecule has 1 saturated heterocycles. The first-order valence-corrected chi connectivity index (χ1v) is 5.17. The maximum absolute atomic E-state index is 3.47. The first kappa shape index (κ1) is 8.52. The summed E-state index contributed by atoms with van der Waals surface area (Å²) in [5.41, 5.74) is 0. The predicted octanol–water partition coefficient (Wildman–Crippen LogP) is 0.936. The molecule has 0 bridgehead atoms. The Labute approximate surface area is 75.3 Å². The Bertz CT molecular complexity index is 152. The van der Waals surface area contributed by atoms with E-state index in [-0.39, 0.29) is 0 Å². The third kappa shape index (κ3) is 1.38. The highest BCUT2D eigenvalue weighted by Gasteiger charge is 2.37. The summed E-state index contributed by atoms with van der Waals surface area (Å²) >= 11 is 0. The largest absolute Gasteiger partial charge is 0.317 e. The minimum atomic E-state index is 0.800. The summed E-state index contributed by atoms with van der Waals surface area (Å²) in [7, 11) is 4.37. The maximum Gasteiger partial charge on any atom is 0.0108 e. The molecule has 12 heavy (non-hydrogen) atoms. The number of nitrogens with one attached hydrogen (secondary N) is 1. The van der Waals surface area contributed by atoms with Crippen molar-refractivity contribution in [2.24, 2.45) is 11.8 Å². The Kier molecular flexibility index (Phi) is 2.37. The van der Waals surface area contributed by atoms with Gasteiger partial charge in [-0.15, -0.1) is 0 Å². The average Bonchev–Trinajstić information content (AvgIpc) is 2.44. The van der Waals surface area contributed by atoms with Gasteiger partial charge < -0.3 is 10.2 Å². The number of nitrogens with zero attached hydrogens (tertiary/aromatic N) is 1. The lowest BCUT2D eigenvalue weighted by molar-refractivity contribution is 0.232. The molecular formula is C10H20N2. The summed E-state index contributed by atoms with van der Waals surface area (Å²) in [4.78, 5) is 2.49. The zero-order chi connectivity index (χ0) is 8.55. The Morgan fingerprint density at radius 1 is 1.25 bits per heavy atom. The van der Waals surface area contributed by atoms with Crippen molar-refractivity contribution < 1.29 is 0 Å². The van der Waals surface area contributed by atoms with E-state index in [1.54, 1.807) is 0 Å². The molecule has 0 aromatic rings. The van der Waals surface area contributed by atoms with Crippen molar-refractivity contribution in [3.05, 3.63) is 0 Å². The topological polar surface area (TPSA) is 15.3 Å². The lowest BCUT2D eigenvalue weighted by Crippen LogP contribution is -2.40. The van der Waals surface area contributed by atoms with Crippen LogP contribution in [0.1, 0.15) is 19.3 Å². The molecule has 2 rings (SSSR count). The second-order valence-electron chi connectivity index (χ2n) is 4.47. The molecular weight excluding hydrogens is 148 g/mol. The Balaban J connectivity index is 2.02. The third-order valence-corrected chi connectivity index (χ3v) is 3.65. The van der Waals surface area contributed by atoms with E-state index in [1.165, 1.54) is 32.4 Å². The van der Waals surface area contributed by atoms with Crippen molar-refractivity contribution in [1.82, 2.24) is 10.2 Å². The van der Waals surface area contributed by atoms with Crippen LogP contribution in [0.4, 0.5) is 0 Å². The monoisotopic (exact) mass is 168 g/mol. The molecule has 2 nitrogen and oxygen atoms in total. The summed E-state index contributed by atoms with van der Waals surface area (Å²) in [5.74, 6) is 1.93. The van der Waals surface area contributed by atoms with E-state index >= 15 is 0 Å².